The molecule has 0 amide bonds. The second kappa shape index (κ2) is 6.44. The van der Waals surface area contributed by atoms with Gasteiger partial charge in [0.15, 0.2) is 0 Å². The van der Waals surface area contributed by atoms with Crippen LogP contribution in [0.15, 0.2) is 54.6 Å². The molecule has 3 heteroatoms. The van der Waals surface area contributed by atoms with Gasteiger partial charge in [0.1, 0.15) is 5.75 Å². The fourth-order valence-electron chi connectivity index (χ4n) is 3.50. The highest BCUT2D eigenvalue weighted by atomic mass is 16.4. The first-order valence-electron chi connectivity index (χ1n) is 8.13. The number of benzene rings is 4. The zero-order valence-corrected chi connectivity index (χ0v) is 14.5. The second-order valence-electron chi connectivity index (χ2n) is 6.18. The molecule has 0 aliphatic rings. The summed E-state index contributed by atoms with van der Waals surface area (Å²) in [5.74, 6) is -0.470. The van der Waals surface area contributed by atoms with Crippen LogP contribution in [0.2, 0.25) is 0 Å². The van der Waals surface area contributed by atoms with Gasteiger partial charge in [-0.25, -0.2) is 0 Å². The van der Waals surface area contributed by atoms with Gasteiger partial charge in [-0.1, -0.05) is 48.5 Å². The van der Waals surface area contributed by atoms with E-state index in [2.05, 4.69) is 56.3 Å². The third kappa shape index (κ3) is 2.89. The Morgan fingerprint density at radius 3 is 2.08 bits per heavy atom. The van der Waals surface area contributed by atoms with Gasteiger partial charge in [-0.05, 0) is 58.0 Å². The molecule has 0 saturated carbocycles. The molecule has 0 unspecified atom stereocenters. The molecule has 4 aromatic rings. The third-order valence-electron chi connectivity index (χ3n) is 4.53. The quantitative estimate of drug-likeness (QED) is 0.327. The van der Waals surface area contributed by atoms with Gasteiger partial charge >= 0.3 is 0 Å². The number of carbonyl (C=O) groups is 1. The Balaban J connectivity index is 0.000000415. The Morgan fingerprint density at radius 1 is 0.760 bits per heavy atom. The first-order chi connectivity index (χ1) is 11.9. The Morgan fingerprint density at radius 2 is 1.36 bits per heavy atom. The van der Waals surface area contributed by atoms with Crippen LogP contribution in [0, 0.1) is 13.8 Å². The minimum atomic E-state index is -0.833. The molecule has 0 spiro atoms. The summed E-state index contributed by atoms with van der Waals surface area (Å²) in [4.78, 5) is 9.00. The molecule has 0 aromatic heterocycles. The summed E-state index contributed by atoms with van der Waals surface area (Å²) in [6.45, 7) is 5.33. The van der Waals surface area contributed by atoms with Gasteiger partial charge in [-0.2, -0.15) is 0 Å². The van der Waals surface area contributed by atoms with E-state index in [0.29, 0.717) is 5.75 Å². The van der Waals surface area contributed by atoms with Crippen molar-refractivity contribution >= 4 is 38.3 Å². The lowest BCUT2D eigenvalue weighted by molar-refractivity contribution is -0.134. The highest BCUT2D eigenvalue weighted by Gasteiger charge is 2.13. The summed E-state index contributed by atoms with van der Waals surface area (Å²) >= 11 is 0. The van der Waals surface area contributed by atoms with Crippen molar-refractivity contribution in [2.24, 2.45) is 0 Å². The molecule has 3 nitrogen and oxygen atoms in total. The van der Waals surface area contributed by atoms with Crippen molar-refractivity contribution < 1.29 is 15.0 Å². The van der Waals surface area contributed by atoms with Crippen LogP contribution in [0.25, 0.3) is 32.3 Å². The van der Waals surface area contributed by atoms with Crippen molar-refractivity contribution in [1.29, 1.82) is 0 Å². The van der Waals surface area contributed by atoms with Crippen LogP contribution in [-0.2, 0) is 4.79 Å². The largest absolute Gasteiger partial charge is 0.507 e. The standard InChI is InChI=1S/C20H16O.C2H4O2/c1-12-15-8-5-9-18(21)20(15)13(2)19-16(12)11-10-14-6-3-4-7-17(14)19;1-2(3)4/h3-11,21H,1-2H3;1H3,(H,3,4). The van der Waals surface area contributed by atoms with Crippen LogP contribution in [0.1, 0.15) is 18.1 Å². The number of phenols is 1. The van der Waals surface area contributed by atoms with Gasteiger partial charge in [0.25, 0.3) is 5.97 Å². The lowest BCUT2D eigenvalue weighted by Gasteiger charge is -2.15. The average molecular weight is 332 g/mol. The molecule has 0 radical (unpaired) electrons. The van der Waals surface area contributed by atoms with Gasteiger partial charge in [0.05, 0.1) is 0 Å². The number of hydrogen-bond acceptors (Lipinski definition) is 2. The minimum absolute atomic E-state index is 0.364. The molecule has 4 rings (SSSR count). The summed E-state index contributed by atoms with van der Waals surface area (Å²) in [5.41, 5.74) is 2.38. The van der Waals surface area contributed by atoms with Crippen LogP contribution >= 0.6 is 0 Å². The maximum atomic E-state index is 10.3. The SMILES string of the molecule is CC(=O)O.Cc1c2cccc(O)c2c(C)c2c1ccc1ccccc12. The van der Waals surface area contributed by atoms with E-state index < -0.39 is 5.97 Å². The normalized spacial score (nSPS) is 10.7. The highest BCUT2D eigenvalue weighted by molar-refractivity contribution is 6.17. The van der Waals surface area contributed by atoms with Gasteiger partial charge in [-0.3, -0.25) is 4.79 Å². The number of aryl methyl sites for hydroxylation is 2. The lowest BCUT2D eigenvalue weighted by atomic mass is 9.90. The lowest BCUT2D eigenvalue weighted by Crippen LogP contribution is -1.90. The molecule has 4 aromatic carbocycles. The number of phenolic OH excluding ortho intramolecular Hbond substituents is 1. The number of hydrogen-bond donors (Lipinski definition) is 2. The number of fused-ring (bicyclic) bond motifs is 4. The fraction of sp³-hybridized carbons (Fsp3) is 0.136. The molecule has 0 aliphatic carbocycles. The van der Waals surface area contributed by atoms with E-state index in [-0.39, 0.29) is 0 Å². The van der Waals surface area contributed by atoms with E-state index >= 15 is 0 Å². The van der Waals surface area contributed by atoms with Crippen LogP contribution in [-0.4, -0.2) is 16.2 Å². The van der Waals surface area contributed by atoms with Crippen molar-refractivity contribution in [3.8, 4) is 5.75 Å². The predicted octanol–water partition coefficient (Wildman–Crippen LogP) is 5.56. The maximum Gasteiger partial charge on any atom is 0.300 e. The fourth-order valence-corrected chi connectivity index (χ4v) is 3.50. The summed E-state index contributed by atoms with van der Waals surface area (Å²) in [6.07, 6.45) is 0. The number of carboxylic acids is 1. The summed E-state index contributed by atoms with van der Waals surface area (Å²) in [6, 6.07) is 18.6. The molecular weight excluding hydrogens is 312 g/mol. The molecule has 0 heterocycles. The van der Waals surface area contributed by atoms with Crippen LogP contribution in [0.4, 0.5) is 0 Å². The van der Waals surface area contributed by atoms with E-state index in [1.54, 1.807) is 6.07 Å². The summed E-state index contributed by atoms with van der Waals surface area (Å²) in [7, 11) is 0. The number of aliphatic carboxylic acids is 1. The van der Waals surface area contributed by atoms with Crippen LogP contribution in [0.5, 0.6) is 5.75 Å². The molecule has 2 N–H and O–H groups in total. The van der Waals surface area contributed by atoms with Crippen molar-refractivity contribution in [2.75, 3.05) is 0 Å². The smallest absolute Gasteiger partial charge is 0.300 e. The summed E-state index contributed by atoms with van der Waals surface area (Å²) < 4.78 is 0. The van der Waals surface area contributed by atoms with Crippen LogP contribution in [0.3, 0.4) is 0 Å². The van der Waals surface area contributed by atoms with E-state index in [0.717, 1.165) is 23.3 Å². The molecular formula is C22H20O3. The monoisotopic (exact) mass is 332 g/mol. The second-order valence-corrected chi connectivity index (χ2v) is 6.18. The van der Waals surface area contributed by atoms with Crippen LogP contribution < -0.4 is 0 Å². The molecule has 0 atom stereocenters. The highest BCUT2D eigenvalue weighted by Crippen LogP contribution is 2.39. The molecule has 25 heavy (non-hydrogen) atoms. The Labute approximate surface area is 146 Å². The van der Waals surface area contributed by atoms with Gasteiger partial charge in [-0.15, -0.1) is 0 Å². The number of aromatic hydroxyl groups is 1. The molecule has 0 saturated heterocycles. The van der Waals surface area contributed by atoms with E-state index in [1.165, 1.54) is 27.1 Å². The predicted molar refractivity (Wildman–Crippen MR) is 103 cm³/mol. The molecule has 0 fully saturated rings. The van der Waals surface area contributed by atoms with Crippen molar-refractivity contribution in [2.45, 2.75) is 20.8 Å². The van der Waals surface area contributed by atoms with E-state index in [4.69, 9.17) is 9.90 Å². The zero-order valence-electron chi connectivity index (χ0n) is 14.5. The van der Waals surface area contributed by atoms with Crippen molar-refractivity contribution in [1.82, 2.24) is 0 Å². The maximum absolute atomic E-state index is 10.3. The minimum Gasteiger partial charge on any atom is -0.507 e. The first kappa shape index (κ1) is 16.8. The van der Waals surface area contributed by atoms with Gasteiger partial charge in [0, 0.05) is 12.3 Å². The first-order valence-corrected chi connectivity index (χ1v) is 8.13. The summed E-state index contributed by atoms with van der Waals surface area (Å²) in [5, 5.41) is 24.8. The van der Waals surface area contributed by atoms with E-state index in [1.807, 2.05) is 6.07 Å². The third-order valence-corrected chi connectivity index (χ3v) is 4.53. The van der Waals surface area contributed by atoms with Gasteiger partial charge < -0.3 is 10.2 Å². The zero-order chi connectivity index (χ0) is 18.1. The Kier molecular flexibility index (Phi) is 4.32. The topological polar surface area (TPSA) is 57.5 Å². The average Bonchev–Trinajstić information content (AvgIpc) is 2.58. The van der Waals surface area contributed by atoms with Gasteiger partial charge in [0.2, 0.25) is 0 Å². The Hall–Kier alpha value is -3.07. The van der Waals surface area contributed by atoms with Crippen molar-refractivity contribution in [3.05, 3.63) is 65.7 Å². The molecule has 126 valence electrons. The van der Waals surface area contributed by atoms with E-state index in [9.17, 15) is 5.11 Å². The number of rotatable bonds is 0. The Bertz CT molecular complexity index is 1110. The molecule has 0 aliphatic heterocycles. The van der Waals surface area contributed by atoms with Crippen molar-refractivity contribution in [3.63, 3.8) is 0 Å². The molecule has 0 bridgehead atoms. The number of carboxylic acid groups (broad SMARTS) is 1.